The Hall–Kier alpha value is -0.830. The smallest absolute Gasteiger partial charge is 0.0521 e. The second-order valence-electron chi connectivity index (χ2n) is 4.70. The third-order valence-corrected chi connectivity index (χ3v) is 2.80. The summed E-state index contributed by atoms with van der Waals surface area (Å²) in [5, 5.41) is 7.73. The van der Waals surface area contributed by atoms with Gasteiger partial charge in [-0.3, -0.25) is 4.68 Å². The van der Waals surface area contributed by atoms with Gasteiger partial charge < -0.3 is 5.32 Å². The Labute approximate surface area is 99.2 Å². The zero-order chi connectivity index (χ0) is 11.8. The summed E-state index contributed by atoms with van der Waals surface area (Å²) >= 11 is 0. The number of unbranched alkanes of at least 4 members (excludes halogenated alkanes) is 1. The molecule has 0 saturated carbocycles. The highest BCUT2D eigenvalue weighted by molar-refractivity contribution is 4.99. The molecule has 0 aliphatic heterocycles. The normalized spacial score (nSPS) is 11.2. The molecule has 1 aromatic rings. The molecular weight excluding hydrogens is 198 g/mol. The van der Waals surface area contributed by atoms with Crippen molar-refractivity contribution in [3.63, 3.8) is 0 Å². The van der Waals surface area contributed by atoms with E-state index >= 15 is 0 Å². The zero-order valence-corrected chi connectivity index (χ0v) is 10.9. The van der Waals surface area contributed by atoms with Gasteiger partial charge in [0, 0.05) is 19.3 Å². The number of aromatic nitrogens is 2. The third-order valence-electron chi connectivity index (χ3n) is 2.80. The van der Waals surface area contributed by atoms with Crippen molar-refractivity contribution in [3.8, 4) is 0 Å². The standard InChI is InChI=1S/C13H25N3/c1-4-16-13(8-10-15-16)11-14-9-6-5-7-12(2)3/h8,10,12,14H,4-7,9,11H2,1-3H3. The molecule has 1 rings (SSSR count). The quantitative estimate of drug-likeness (QED) is 0.687. The number of aryl methyl sites for hydroxylation is 1. The predicted molar refractivity (Wildman–Crippen MR) is 68.3 cm³/mol. The number of hydrogen-bond acceptors (Lipinski definition) is 2. The van der Waals surface area contributed by atoms with Gasteiger partial charge in [0.25, 0.3) is 0 Å². The molecule has 0 unspecified atom stereocenters. The van der Waals surface area contributed by atoms with Crippen LogP contribution in [0.5, 0.6) is 0 Å². The van der Waals surface area contributed by atoms with Crippen LogP contribution in [0.15, 0.2) is 12.3 Å². The largest absolute Gasteiger partial charge is 0.311 e. The van der Waals surface area contributed by atoms with Gasteiger partial charge >= 0.3 is 0 Å². The molecule has 0 aromatic carbocycles. The molecule has 0 aliphatic rings. The molecule has 0 radical (unpaired) electrons. The van der Waals surface area contributed by atoms with E-state index in [1.165, 1.54) is 25.0 Å². The molecule has 0 fully saturated rings. The van der Waals surface area contributed by atoms with Gasteiger partial charge in [0.2, 0.25) is 0 Å². The SMILES string of the molecule is CCn1nccc1CNCCCCC(C)C. The van der Waals surface area contributed by atoms with Gasteiger partial charge in [-0.2, -0.15) is 5.10 Å². The van der Waals surface area contributed by atoms with E-state index in [1.807, 2.05) is 10.9 Å². The average molecular weight is 223 g/mol. The topological polar surface area (TPSA) is 29.9 Å². The van der Waals surface area contributed by atoms with E-state index in [1.54, 1.807) is 0 Å². The van der Waals surface area contributed by atoms with E-state index in [4.69, 9.17) is 0 Å². The van der Waals surface area contributed by atoms with Crippen LogP contribution in [0, 0.1) is 5.92 Å². The van der Waals surface area contributed by atoms with Crippen molar-refractivity contribution in [2.45, 2.75) is 53.1 Å². The molecule has 0 atom stereocenters. The summed E-state index contributed by atoms with van der Waals surface area (Å²) in [6.45, 7) is 9.70. The first-order valence-electron chi connectivity index (χ1n) is 6.45. The van der Waals surface area contributed by atoms with Crippen molar-refractivity contribution < 1.29 is 0 Å². The monoisotopic (exact) mass is 223 g/mol. The Bertz CT molecular complexity index is 278. The fourth-order valence-electron chi connectivity index (χ4n) is 1.81. The lowest BCUT2D eigenvalue weighted by Crippen LogP contribution is -2.17. The Morgan fingerprint density at radius 1 is 1.38 bits per heavy atom. The summed E-state index contributed by atoms with van der Waals surface area (Å²) in [6, 6.07) is 2.09. The maximum absolute atomic E-state index is 4.25. The molecule has 0 spiro atoms. The van der Waals surface area contributed by atoms with Crippen molar-refractivity contribution in [3.05, 3.63) is 18.0 Å². The van der Waals surface area contributed by atoms with E-state index in [9.17, 15) is 0 Å². The van der Waals surface area contributed by atoms with Crippen LogP contribution < -0.4 is 5.32 Å². The van der Waals surface area contributed by atoms with E-state index in [2.05, 4.69) is 37.3 Å². The van der Waals surface area contributed by atoms with Crippen molar-refractivity contribution >= 4 is 0 Å². The first-order valence-corrected chi connectivity index (χ1v) is 6.45. The zero-order valence-electron chi connectivity index (χ0n) is 10.9. The van der Waals surface area contributed by atoms with Crippen LogP contribution in [0.2, 0.25) is 0 Å². The van der Waals surface area contributed by atoms with Crippen molar-refractivity contribution in [1.82, 2.24) is 15.1 Å². The summed E-state index contributed by atoms with van der Waals surface area (Å²) in [4.78, 5) is 0. The van der Waals surface area contributed by atoms with Crippen LogP contribution in [0.3, 0.4) is 0 Å². The lowest BCUT2D eigenvalue weighted by Gasteiger charge is -2.07. The molecule has 0 bridgehead atoms. The van der Waals surface area contributed by atoms with Gasteiger partial charge in [-0.1, -0.05) is 26.7 Å². The van der Waals surface area contributed by atoms with Gasteiger partial charge in [0.1, 0.15) is 0 Å². The number of hydrogen-bond donors (Lipinski definition) is 1. The Morgan fingerprint density at radius 3 is 2.88 bits per heavy atom. The van der Waals surface area contributed by atoms with Crippen molar-refractivity contribution in [2.24, 2.45) is 5.92 Å². The summed E-state index contributed by atoms with van der Waals surface area (Å²) in [6.07, 6.45) is 5.82. The van der Waals surface area contributed by atoms with E-state index < -0.39 is 0 Å². The maximum atomic E-state index is 4.25. The van der Waals surface area contributed by atoms with Crippen LogP contribution in [0.4, 0.5) is 0 Å². The molecule has 0 amide bonds. The molecule has 16 heavy (non-hydrogen) atoms. The molecule has 92 valence electrons. The maximum Gasteiger partial charge on any atom is 0.0521 e. The average Bonchev–Trinajstić information content (AvgIpc) is 2.70. The highest BCUT2D eigenvalue weighted by atomic mass is 15.3. The number of nitrogens with zero attached hydrogens (tertiary/aromatic N) is 2. The van der Waals surface area contributed by atoms with Gasteiger partial charge in [-0.05, 0) is 31.9 Å². The highest BCUT2D eigenvalue weighted by Crippen LogP contribution is 2.05. The van der Waals surface area contributed by atoms with E-state index in [0.717, 1.165) is 25.6 Å². The van der Waals surface area contributed by atoms with Crippen LogP contribution in [-0.4, -0.2) is 16.3 Å². The van der Waals surface area contributed by atoms with E-state index in [0.29, 0.717) is 0 Å². The fraction of sp³-hybridized carbons (Fsp3) is 0.769. The van der Waals surface area contributed by atoms with Crippen LogP contribution >= 0.6 is 0 Å². The molecule has 3 heteroatoms. The molecule has 3 nitrogen and oxygen atoms in total. The molecular formula is C13H25N3. The minimum Gasteiger partial charge on any atom is -0.311 e. The highest BCUT2D eigenvalue weighted by Gasteiger charge is 1.99. The van der Waals surface area contributed by atoms with Gasteiger partial charge in [0.15, 0.2) is 0 Å². The first kappa shape index (κ1) is 13.2. The second-order valence-corrected chi connectivity index (χ2v) is 4.70. The third kappa shape index (κ3) is 4.79. The first-order chi connectivity index (χ1) is 7.74. The van der Waals surface area contributed by atoms with E-state index in [-0.39, 0.29) is 0 Å². The van der Waals surface area contributed by atoms with Crippen molar-refractivity contribution in [2.75, 3.05) is 6.54 Å². The summed E-state index contributed by atoms with van der Waals surface area (Å²) < 4.78 is 2.04. The van der Waals surface area contributed by atoms with Gasteiger partial charge in [0.05, 0.1) is 5.69 Å². The van der Waals surface area contributed by atoms with Crippen molar-refractivity contribution in [1.29, 1.82) is 0 Å². The minimum absolute atomic E-state index is 0.835. The van der Waals surface area contributed by atoms with Gasteiger partial charge in [-0.15, -0.1) is 0 Å². The number of nitrogens with one attached hydrogen (secondary N) is 1. The van der Waals surface area contributed by atoms with Crippen LogP contribution in [0.1, 0.15) is 45.7 Å². The Kier molecular flexibility index (Phi) is 6.16. The summed E-state index contributed by atoms with van der Waals surface area (Å²) in [7, 11) is 0. The molecule has 0 aliphatic carbocycles. The van der Waals surface area contributed by atoms with Crippen LogP contribution in [-0.2, 0) is 13.1 Å². The lowest BCUT2D eigenvalue weighted by molar-refractivity contribution is 0.513. The van der Waals surface area contributed by atoms with Gasteiger partial charge in [-0.25, -0.2) is 0 Å². The Morgan fingerprint density at radius 2 is 2.19 bits per heavy atom. The molecule has 0 saturated heterocycles. The summed E-state index contributed by atoms with van der Waals surface area (Å²) in [5.41, 5.74) is 1.28. The molecule has 1 N–H and O–H groups in total. The number of rotatable bonds is 8. The molecule has 1 heterocycles. The minimum atomic E-state index is 0.835. The predicted octanol–water partition coefficient (Wildman–Crippen LogP) is 2.82. The summed E-state index contributed by atoms with van der Waals surface area (Å²) in [5.74, 6) is 0.835. The molecule has 1 aromatic heterocycles. The second kappa shape index (κ2) is 7.44. The lowest BCUT2D eigenvalue weighted by atomic mass is 10.1. The Balaban J connectivity index is 2.07. The van der Waals surface area contributed by atoms with Crippen LogP contribution in [0.25, 0.3) is 0 Å². The fourth-order valence-corrected chi connectivity index (χ4v) is 1.81.